The molecule has 5 nitrogen and oxygen atoms in total. The lowest BCUT2D eigenvalue weighted by Gasteiger charge is -2.30. The SMILES string of the molecule is Cc1nnc(CNCC2CCCCC2CO)o1. The Morgan fingerprint density at radius 1 is 1.29 bits per heavy atom. The summed E-state index contributed by atoms with van der Waals surface area (Å²) in [6.45, 7) is 3.65. The molecule has 0 amide bonds. The van der Waals surface area contributed by atoms with E-state index in [0.29, 0.717) is 36.8 Å². The quantitative estimate of drug-likeness (QED) is 0.809. The number of hydrogen-bond acceptors (Lipinski definition) is 5. The first kappa shape index (κ1) is 12.5. The van der Waals surface area contributed by atoms with E-state index in [-0.39, 0.29) is 0 Å². The molecule has 2 rings (SSSR count). The van der Waals surface area contributed by atoms with E-state index in [0.717, 1.165) is 13.0 Å². The van der Waals surface area contributed by atoms with Crippen molar-refractivity contribution in [1.82, 2.24) is 15.5 Å². The van der Waals surface area contributed by atoms with Crippen LogP contribution in [0.1, 0.15) is 37.5 Å². The maximum absolute atomic E-state index is 9.31. The monoisotopic (exact) mass is 239 g/mol. The van der Waals surface area contributed by atoms with Crippen LogP contribution in [0, 0.1) is 18.8 Å². The largest absolute Gasteiger partial charge is 0.424 e. The molecule has 1 fully saturated rings. The Bertz CT molecular complexity index is 340. The van der Waals surface area contributed by atoms with Gasteiger partial charge in [0.1, 0.15) is 0 Å². The Kier molecular flexibility index (Phi) is 4.50. The van der Waals surface area contributed by atoms with Crippen molar-refractivity contribution in [2.45, 2.75) is 39.2 Å². The summed E-state index contributed by atoms with van der Waals surface area (Å²) in [5.41, 5.74) is 0. The molecule has 1 aliphatic carbocycles. The van der Waals surface area contributed by atoms with E-state index in [2.05, 4.69) is 15.5 Å². The second-order valence-corrected chi connectivity index (χ2v) is 4.83. The molecule has 5 heteroatoms. The van der Waals surface area contributed by atoms with E-state index in [4.69, 9.17) is 4.42 Å². The van der Waals surface area contributed by atoms with Gasteiger partial charge in [-0.2, -0.15) is 0 Å². The van der Waals surface area contributed by atoms with Gasteiger partial charge in [-0.3, -0.25) is 0 Å². The second-order valence-electron chi connectivity index (χ2n) is 4.83. The summed E-state index contributed by atoms with van der Waals surface area (Å²) < 4.78 is 5.29. The summed E-state index contributed by atoms with van der Waals surface area (Å²) in [6, 6.07) is 0. The fourth-order valence-corrected chi connectivity index (χ4v) is 2.57. The molecule has 0 aliphatic heterocycles. The number of rotatable bonds is 5. The van der Waals surface area contributed by atoms with Gasteiger partial charge in [-0.1, -0.05) is 12.8 Å². The van der Waals surface area contributed by atoms with Crippen molar-refractivity contribution >= 4 is 0 Å². The number of aliphatic hydroxyl groups is 1. The normalized spacial score (nSPS) is 25.1. The minimum absolute atomic E-state index is 0.312. The highest BCUT2D eigenvalue weighted by atomic mass is 16.4. The van der Waals surface area contributed by atoms with E-state index in [1.165, 1.54) is 19.3 Å². The zero-order chi connectivity index (χ0) is 12.1. The van der Waals surface area contributed by atoms with Crippen LogP contribution in [0.5, 0.6) is 0 Å². The van der Waals surface area contributed by atoms with Crippen LogP contribution in [-0.4, -0.2) is 28.5 Å². The fourth-order valence-electron chi connectivity index (χ4n) is 2.57. The molecular weight excluding hydrogens is 218 g/mol. The maximum Gasteiger partial charge on any atom is 0.230 e. The van der Waals surface area contributed by atoms with Crippen molar-refractivity contribution in [2.75, 3.05) is 13.2 Å². The van der Waals surface area contributed by atoms with Crippen molar-refractivity contribution in [1.29, 1.82) is 0 Å². The van der Waals surface area contributed by atoms with Crippen LogP contribution in [0.25, 0.3) is 0 Å². The van der Waals surface area contributed by atoms with Gasteiger partial charge in [-0.15, -0.1) is 10.2 Å². The molecule has 2 unspecified atom stereocenters. The van der Waals surface area contributed by atoms with Gasteiger partial charge < -0.3 is 14.8 Å². The molecule has 17 heavy (non-hydrogen) atoms. The summed E-state index contributed by atoms with van der Waals surface area (Å²) in [7, 11) is 0. The molecule has 1 aromatic rings. The minimum atomic E-state index is 0.312. The third-order valence-corrected chi connectivity index (χ3v) is 3.55. The van der Waals surface area contributed by atoms with Crippen LogP contribution in [-0.2, 0) is 6.54 Å². The third kappa shape index (κ3) is 3.51. The standard InChI is InChI=1S/C12H21N3O2/c1-9-14-15-12(17-9)7-13-6-10-4-2-3-5-11(10)8-16/h10-11,13,16H,2-8H2,1H3. The van der Waals surface area contributed by atoms with Crippen LogP contribution >= 0.6 is 0 Å². The number of nitrogens with one attached hydrogen (secondary N) is 1. The predicted molar refractivity (Wildman–Crippen MR) is 63.3 cm³/mol. The molecule has 2 N–H and O–H groups in total. The number of nitrogens with zero attached hydrogens (tertiary/aromatic N) is 2. The first-order valence-corrected chi connectivity index (χ1v) is 6.40. The number of aromatic nitrogens is 2. The van der Waals surface area contributed by atoms with Crippen molar-refractivity contribution in [3.8, 4) is 0 Å². The Morgan fingerprint density at radius 2 is 2.06 bits per heavy atom. The maximum atomic E-state index is 9.31. The highest BCUT2D eigenvalue weighted by Crippen LogP contribution is 2.29. The molecule has 0 saturated heterocycles. The first-order valence-electron chi connectivity index (χ1n) is 6.40. The predicted octanol–water partition coefficient (Wildman–Crippen LogP) is 1.27. The molecule has 0 bridgehead atoms. The summed E-state index contributed by atoms with van der Waals surface area (Å²) >= 11 is 0. The van der Waals surface area contributed by atoms with E-state index in [1.807, 2.05) is 0 Å². The molecule has 0 aromatic carbocycles. The molecule has 1 heterocycles. The topological polar surface area (TPSA) is 71.2 Å². The van der Waals surface area contributed by atoms with Gasteiger partial charge in [0.25, 0.3) is 0 Å². The van der Waals surface area contributed by atoms with Crippen molar-refractivity contribution in [2.24, 2.45) is 11.8 Å². The molecule has 0 spiro atoms. The average Bonchev–Trinajstić information content (AvgIpc) is 2.76. The number of aliphatic hydroxyl groups excluding tert-OH is 1. The highest BCUT2D eigenvalue weighted by molar-refractivity contribution is 4.80. The van der Waals surface area contributed by atoms with Crippen LogP contribution < -0.4 is 5.32 Å². The van der Waals surface area contributed by atoms with Gasteiger partial charge in [-0.05, 0) is 31.2 Å². The van der Waals surface area contributed by atoms with Crippen molar-refractivity contribution in [3.63, 3.8) is 0 Å². The Labute approximate surface area is 102 Å². The molecular formula is C12H21N3O2. The molecule has 1 aliphatic rings. The lowest BCUT2D eigenvalue weighted by atomic mass is 9.79. The Hall–Kier alpha value is -0.940. The van der Waals surface area contributed by atoms with Gasteiger partial charge in [0.2, 0.25) is 11.8 Å². The van der Waals surface area contributed by atoms with Crippen LogP contribution in [0.2, 0.25) is 0 Å². The first-order chi connectivity index (χ1) is 8.29. The third-order valence-electron chi connectivity index (χ3n) is 3.55. The molecule has 1 saturated carbocycles. The van der Waals surface area contributed by atoms with Gasteiger partial charge in [0.15, 0.2) is 0 Å². The lowest BCUT2D eigenvalue weighted by Crippen LogP contribution is -2.32. The van der Waals surface area contributed by atoms with Gasteiger partial charge >= 0.3 is 0 Å². The van der Waals surface area contributed by atoms with Crippen molar-refractivity contribution < 1.29 is 9.52 Å². The van der Waals surface area contributed by atoms with E-state index < -0.39 is 0 Å². The number of aryl methyl sites for hydroxylation is 1. The van der Waals surface area contributed by atoms with Gasteiger partial charge in [0, 0.05) is 13.5 Å². The Morgan fingerprint density at radius 3 is 2.71 bits per heavy atom. The lowest BCUT2D eigenvalue weighted by molar-refractivity contribution is 0.132. The smallest absolute Gasteiger partial charge is 0.230 e. The summed E-state index contributed by atoms with van der Waals surface area (Å²) in [6.07, 6.45) is 4.90. The molecule has 0 radical (unpaired) electrons. The van der Waals surface area contributed by atoms with Crippen molar-refractivity contribution in [3.05, 3.63) is 11.8 Å². The second kappa shape index (κ2) is 6.12. The molecule has 1 aromatic heterocycles. The van der Waals surface area contributed by atoms with E-state index in [9.17, 15) is 5.11 Å². The fraction of sp³-hybridized carbons (Fsp3) is 0.833. The van der Waals surface area contributed by atoms with Crippen LogP contribution in [0.3, 0.4) is 0 Å². The minimum Gasteiger partial charge on any atom is -0.424 e. The molecule has 2 atom stereocenters. The van der Waals surface area contributed by atoms with E-state index >= 15 is 0 Å². The zero-order valence-electron chi connectivity index (χ0n) is 10.4. The summed E-state index contributed by atoms with van der Waals surface area (Å²) in [5.74, 6) is 2.28. The highest BCUT2D eigenvalue weighted by Gasteiger charge is 2.23. The summed E-state index contributed by atoms with van der Waals surface area (Å²) in [5, 5.41) is 20.4. The van der Waals surface area contributed by atoms with Crippen LogP contribution in [0.4, 0.5) is 0 Å². The van der Waals surface area contributed by atoms with Gasteiger partial charge in [0.05, 0.1) is 6.54 Å². The molecule has 96 valence electrons. The Balaban J connectivity index is 1.73. The van der Waals surface area contributed by atoms with E-state index in [1.54, 1.807) is 6.92 Å². The average molecular weight is 239 g/mol. The number of hydrogen-bond donors (Lipinski definition) is 2. The van der Waals surface area contributed by atoms with Crippen LogP contribution in [0.15, 0.2) is 4.42 Å². The zero-order valence-corrected chi connectivity index (χ0v) is 10.4. The van der Waals surface area contributed by atoms with Gasteiger partial charge in [-0.25, -0.2) is 0 Å². The summed E-state index contributed by atoms with van der Waals surface area (Å²) in [4.78, 5) is 0.